The first-order valence-corrected chi connectivity index (χ1v) is 7.20. The van der Waals surface area contributed by atoms with E-state index in [0.29, 0.717) is 13.2 Å². The molecular weight excluding hydrogens is 244 g/mol. The lowest BCUT2D eigenvalue weighted by atomic mass is 9.83. The molecule has 4 nitrogen and oxygen atoms in total. The molecule has 106 valence electrons. The van der Waals surface area contributed by atoms with E-state index in [4.69, 9.17) is 9.47 Å². The molecule has 0 radical (unpaired) electrons. The van der Waals surface area contributed by atoms with E-state index < -0.39 is 0 Å². The van der Waals surface area contributed by atoms with Crippen LogP contribution in [0.2, 0.25) is 0 Å². The van der Waals surface area contributed by atoms with Crippen molar-refractivity contribution >= 4 is 11.9 Å². The third kappa shape index (κ3) is 2.82. The minimum Gasteiger partial charge on any atom is -0.465 e. The molecule has 2 rings (SSSR count). The van der Waals surface area contributed by atoms with Gasteiger partial charge < -0.3 is 9.47 Å². The Hall–Kier alpha value is -1.32. The number of rotatable bonds is 6. The lowest BCUT2D eigenvalue weighted by molar-refractivity contribution is -0.161. The number of fused-ring (bicyclic) bond motifs is 2. The third-order valence-corrected chi connectivity index (χ3v) is 3.90. The van der Waals surface area contributed by atoms with Crippen molar-refractivity contribution in [2.24, 2.45) is 23.7 Å². The summed E-state index contributed by atoms with van der Waals surface area (Å²) in [5.41, 5.74) is 0. The molecule has 0 aromatic carbocycles. The molecule has 1 saturated carbocycles. The summed E-state index contributed by atoms with van der Waals surface area (Å²) < 4.78 is 10.5. The number of hydrogen-bond donors (Lipinski definition) is 0. The molecule has 4 heteroatoms. The lowest BCUT2D eigenvalue weighted by Crippen LogP contribution is -2.35. The van der Waals surface area contributed by atoms with Crippen LogP contribution in [0.4, 0.5) is 0 Å². The van der Waals surface area contributed by atoms with Gasteiger partial charge in [-0.2, -0.15) is 0 Å². The van der Waals surface area contributed by atoms with E-state index in [2.05, 4.69) is 0 Å². The number of allylic oxidation sites excluding steroid dienone is 2. The van der Waals surface area contributed by atoms with Gasteiger partial charge in [0.1, 0.15) is 0 Å². The first-order valence-electron chi connectivity index (χ1n) is 7.20. The summed E-state index contributed by atoms with van der Waals surface area (Å²) in [6.07, 6.45) is 6.57. The number of carbonyl (C=O) groups excluding carboxylic acids is 2. The molecule has 2 bridgehead atoms. The molecule has 2 aliphatic rings. The van der Waals surface area contributed by atoms with E-state index in [1.54, 1.807) is 0 Å². The second-order valence-corrected chi connectivity index (χ2v) is 5.33. The number of ether oxygens (including phenoxy) is 2. The van der Waals surface area contributed by atoms with Crippen molar-refractivity contribution in [1.82, 2.24) is 0 Å². The Labute approximate surface area is 114 Å². The van der Waals surface area contributed by atoms with Crippen LogP contribution >= 0.6 is 0 Å². The standard InChI is InChI=1S/C15H22O4/c1-3-7-18-14(16)12-10-5-6-11(9-10)13(12)15(17)19-8-4-2/h5-6,10-13H,3-4,7-9H2,1-2H3. The summed E-state index contributed by atoms with van der Waals surface area (Å²) in [5.74, 6) is -0.867. The fourth-order valence-corrected chi connectivity index (χ4v) is 3.06. The highest BCUT2D eigenvalue weighted by Gasteiger charge is 2.52. The van der Waals surface area contributed by atoms with Crippen LogP contribution in [-0.4, -0.2) is 25.2 Å². The van der Waals surface area contributed by atoms with Gasteiger partial charge in [-0.05, 0) is 31.1 Å². The molecule has 0 aromatic rings. The Morgan fingerprint density at radius 2 is 1.37 bits per heavy atom. The molecular formula is C15H22O4. The average molecular weight is 266 g/mol. The highest BCUT2D eigenvalue weighted by Crippen LogP contribution is 2.49. The van der Waals surface area contributed by atoms with Gasteiger partial charge in [-0.3, -0.25) is 9.59 Å². The molecule has 4 atom stereocenters. The van der Waals surface area contributed by atoms with Crippen LogP contribution in [-0.2, 0) is 19.1 Å². The molecule has 2 aliphatic carbocycles. The molecule has 19 heavy (non-hydrogen) atoms. The molecule has 0 aliphatic heterocycles. The van der Waals surface area contributed by atoms with Crippen molar-refractivity contribution < 1.29 is 19.1 Å². The second kappa shape index (κ2) is 6.22. The van der Waals surface area contributed by atoms with Crippen molar-refractivity contribution in [2.75, 3.05) is 13.2 Å². The Balaban J connectivity index is 2.04. The molecule has 0 N–H and O–H groups in total. The number of esters is 2. The summed E-state index contributed by atoms with van der Waals surface area (Å²) in [4.78, 5) is 24.2. The first kappa shape index (κ1) is 14.1. The van der Waals surface area contributed by atoms with Crippen LogP contribution in [0.1, 0.15) is 33.1 Å². The van der Waals surface area contributed by atoms with Crippen molar-refractivity contribution in [3.63, 3.8) is 0 Å². The van der Waals surface area contributed by atoms with E-state index in [9.17, 15) is 9.59 Å². The minimum atomic E-state index is -0.342. The van der Waals surface area contributed by atoms with Crippen LogP contribution in [0.3, 0.4) is 0 Å². The molecule has 0 aromatic heterocycles. The largest absolute Gasteiger partial charge is 0.465 e. The Kier molecular flexibility index (Phi) is 4.61. The fraction of sp³-hybridized carbons (Fsp3) is 0.733. The normalized spacial score (nSPS) is 31.5. The zero-order valence-corrected chi connectivity index (χ0v) is 11.6. The highest BCUT2D eigenvalue weighted by molar-refractivity contribution is 5.84. The maximum atomic E-state index is 12.1. The zero-order valence-electron chi connectivity index (χ0n) is 11.6. The van der Waals surface area contributed by atoms with E-state index in [1.165, 1.54) is 0 Å². The van der Waals surface area contributed by atoms with Gasteiger partial charge in [0.05, 0.1) is 25.0 Å². The first-order chi connectivity index (χ1) is 9.19. The molecule has 0 spiro atoms. The van der Waals surface area contributed by atoms with Gasteiger partial charge in [0.15, 0.2) is 0 Å². The van der Waals surface area contributed by atoms with Gasteiger partial charge in [-0.25, -0.2) is 0 Å². The second-order valence-electron chi connectivity index (χ2n) is 5.33. The van der Waals surface area contributed by atoms with Crippen LogP contribution in [0.5, 0.6) is 0 Å². The van der Waals surface area contributed by atoms with Crippen LogP contribution in [0.25, 0.3) is 0 Å². The smallest absolute Gasteiger partial charge is 0.310 e. The Bertz CT molecular complexity index is 340. The van der Waals surface area contributed by atoms with Gasteiger partial charge in [-0.15, -0.1) is 0 Å². The van der Waals surface area contributed by atoms with Gasteiger partial charge in [0, 0.05) is 0 Å². The zero-order chi connectivity index (χ0) is 13.8. The molecule has 1 fully saturated rings. The highest BCUT2D eigenvalue weighted by atomic mass is 16.5. The van der Waals surface area contributed by atoms with Gasteiger partial charge in [0.2, 0.25) is 0 Å². The van der Waals surface area contributed by atoms with Gasteiger partial charge in [-0.1, -0.05) is 26.0 Å². The van der Waals surface area contributed by atoms with Crippen LogP contribution in [0.15, 0.2) is 12.2 Å². The van der Waals surface area contributed by atoms with Gasteiger partial charge in [0.25, 0.3) is 0 Å². The maximum absolute atomic E-state index is 12.1. The predicted octanol–water partition coefficient (Wildman–Crippen LogP) is 2.33. The topological polar surface area (TPSA) is 52.6 Å². The summed E-state index contributed by atoms with van der Waals surface area (Å²) >= 11 is 0. The third-order valence-electron chi connectivity index (χ3n) is 3.90. The molecule has 0 saturated heterocycles. The van der Waals surface area contributed by atoms with Crippen molar-refractivity contribution in [3.05, 3.63) is 12.2 Å². The van der Waals surface area contributed by atoms with Crippen molar-refractivity contribution in [1.29, 1.82) is 0 Å². The minimum absolute atomic E-state index is 0.147. The maximum Gasteiger partial charge on any atom is 0.310 e. The fourth-order valence-electron chi connectivity index (χ4n) is 3.06. The molecule has 0 heterocycles. The summed E-state index contributed by atoms with van der Waals surface area (Å²) in [7, 11) is 0. The number of hydrogen-bond acceptors (Lipinski definition) is 4. The average Bonchev–Trinajstić information content (AvgIpc) is 3.02. The van der Waals surface area contributed by atoms with Crippen molar-refractivity contribution in [3.8, 4) is 0 Å². The lowest BCUT2D eigenvalue weighted by Gasteiger charge is -2.24. The van der Waals surface area contributed by atoms with E-state index in [1.807, 2.05) is 26.0 Å². The van der Waals surface area contributed by atoms with Crippen molar-refractivity contribution in [2.45, 2.75) is 33.1 Å². The monoisotopic (exact) mass is 266 g/mol. The van der Waals surface area contributed by atoms with E-state index >= 15 is 0 Å². The van der Waals surface area contributed by atoms with Crippen LogP contribution in [0, 0.1) is 23.7 Å². The summed E-state index contributed by atoms with van der Waals surface area (Å²) in [5, 5.41) is 0. The molecule has 4 unspecified atom stereocenters. The van der Waals surface area contributed by atoms with E-state index in [0.717, 1.165) is 19.3 Å². The van der Waals surface area contributed by atoms with Gasteiger partial charge >= 0.3 is 11.9 Å². The molecule has 0 amide bonds. The SMILES string of the molecule is CCCOC(=O)C1C2C=CC(C2)C1C(=O)OCCC. The predicted molar refractivity (Wildman–Crippen MR) is 70.2 cm³/mol. The van der Waals surface area contributed by atoms with E-state index in [-0.39, 0.29) is 35.6 Å². The Morgan fingerprint density at radius 1 is 0.947 bits per heavy atom. The summed E-state index contributed by atoms with van der Waals surface area (Å²) in [6, 6.07) is 0. The Morgan fingerprint density at radius 3 is 1.74 bits per heavy atom. The number of carbonyl (C=O) groups is 2. The summed E-state index contributed by atoms with van der Waals surface area (Å²) in [6.45, 7) is 4.77. The van der Waals surface area contributed by atoms with Crippen LogP contribution < -0.4 is 0 Å². The quantitative estimate of drug-likeness (QED) is 0.547.